The standard InChI is InChI=1S/C15H23NO2/c1-17-10-11-18-9-8-15(16)7-6-13-4-2-3-5-14(13)12-15/h2-5H,6-12,16H2,1H3. The number of nitrogens with two attached hydrogens (primary N) is 1. The molecule has 2 N–H and O–H groups in total. The van der Waals surface area contributed by atoms with Crippen LogP contribution in [0.4, 0.5) is 0 Å². The molecule has 2 rings (SSSR count). The van der Waals surface area contributed by atoms with E-state index in [0.29, 0.717) is 13.2 Å². The first kappa shape index (κ1) is 13.5. The lowest BCUT2D eigenvalue weighted by molar-refractivity contribution is 0.0597. The van der Waals surface area contributed by atoms with Gasteiger partial charge in [-0.2, -0.15) is 0 Å². The third-order valence-electron chi connectivity index (χ3n) is 3.73. The number of fused-ring (bicyclic) bond motifs is 1. The quantitative estimate of drug-likeness (QED) is 0.783. The SMILES string of the molecule is COCCOCCC1(N)CCc2ccccc2C1. The van der Waals surface area contributed by atoms with Crippen LogP contribution in [0.1, 0.15) is 24.0 Å². The summed E-state index contributed by atoms with van der Waals surface area (Å²) < 4.78 is 10.5. The van der Waals surface area contributed by atoms with Gasteiger partial charge in [-0.15, -0.1) is 0 Å². The van der Waals surface area contributed by atoms with E-state index in [9.17, 15) is 0 Å². The van der Waals surface area contributed by atoms with Crippen LogP contribution in [0.15, 0.2) is 24.3 Å². The molecule has 1 atom stereocenters. The van der Waals surface area contributed by atoms with Gasteiger partial charge in [0.15, 0.2) is 0 Å². The molecule has 3 heteroatoms. The zero-order chi connectivity index (χ0) is 12.8. The van der Waals surface area contributed by atoms with Crippen LogP contribution in [-0.4, -0.2) is 32.5 Å². The van der Waals surface area contributed by atoms with E-state index in [1.165, 1.54) is 11.1 Å². The monoisotopic (exact) mass is 249 g/mol. The maximum Gasteiger partial charge on any atom is 0.0700 e. The average Bonchev–Trinajstić information content (AvgIpc) is 2.38. The first-order chi connectivity index (χ1) is 8.73. The van der Waals surface area contributed by atoms with Crippen LogP contribution >= 0.6 is 0 Å². The molecule has 1 aromatic rings. The number of rotatable bonds is 6. The minimum atomic E-state index is -0.0958. The van der Waals surface area contributed by atoms with Gasteiger partial charge in [0.1, 0.15) is 0 Å². The van der Waals surface area contributed by atoms with Crippen molar-refractivity contribution in [3.63, 3.8) is 0 Å². The molecule has 0 aromatic heterocycles. The molecule has 100 valence electrons. The largest absolute Gasteiger partial charge is 0.382 e. The van der Waals surface area contributed by atoms with Crippen LogP contribution in [-0.2, 0) is 22.3 Å². The number of benzene rings is 1. The second kappa shape index (κ2) is 6.32. The first-order valence-electron chi connectivity index (χ1n) is 6.66. The molecular formula is C15H23NO2. The maximum absolute atomic E-state index is 6.48. The van der Waals surface area contributed by atoms with E-state index in [1.54, 1.807) is 7.11 Å². The fraction of sp³-hybridized carbons (Fsp3) is 0.600. The lowest BCUT2D eigenvalue weighted by Gasteiger charge is -2.34. The molecular weight excluding hydrogens is 226 g/mol. The van der Waals surface area contributed by atoms with Gasteiger partial charge in [-0.25, -0.2) is 0 Å². The Kier molecular flexibility index (Phi) is 4.75. The van der Waals surface area contributed by atoms with E-state index in [1.807, 2.05) is 0 Å². The zero-order valence-electron chi connectivity index (χ0n) is 11.2. The summed E-state index contributed by atoms with van der Waals surface area (Å²) >= 11 is 0. The minimum Gasteiger partial charge on any atom is -0.382 e. The molecule has 0 amide bonds. The summed E-state index contributed by atoms with van der Waals surface area (Å²) in [5, 5.41) is 0. The Morgan fingerprint density at radius 3 is 2.72 bits per heavy atom. The Balaban J connectivity index is 1.82. The van der Waals surface area contributed by atoms with Gasteiger partial charge < -0.3 is 15.2 Å². The van der Waals surface area contributed by atoms with Gasteiger partial charge in [0.05, 0.1) is 13.2 Å². The summed E-state index contributed by atoms with van der Waals surface area (Å²) in [6, 6.07) is 8.61. The summed E-state index contributed by atoms with van der Waals surface area (Å²) in [5.74, 6) is 0. The third kappa shape index (κ3) is 3.55. The van der Waals surface area contributed by atoms with Crippen LogP contribution in [0, 0.1) is 0 Å². The summed E-state index contributed by atoms with van der Waals surface area (Å²) in [6.07, 6.45) is 4.03. The van der Waals surface area contributed by atoms with Gasteiger partial charge in [-0.3, -0.25) is 0 Å². The van der Waals surface area contributed by atoms with Crippen molar-refractivity contribution < 1.29 is 9.47 Å². The van der Waals surface area contributed by atoms with Crippen LogP contribution in [0.3, 0.4) is 0 Å². The van der Waals surface area contributed by atoms with Gasteiger partial charge in [-0.1, -0.05) is 24.3 Å². The van der Waals surface area contributed by atoms with Crippen molar-refractivity contribution >= 4 is 0 Å². The molecule has 0 heterocycles. The molecule has 18 heavy (non-hydrogen) atoms. The van der Waals surface area contributed by atoms with Crippen molar-refractivity contribution in [3.8, 4) is 0 Å². The molecule has 3 nitrogen and oxygen atoms in total. The zero-order valence-corrected chi connectivity index (χ0v) is 11.2. The normalized spacial score (nSPS) is 22.8. The van der Waals surface area contributed by atoms with Crippen molar-refractivity contribution in [2.45, 2.75) is 31.2 Å². The van der Waals surface area contributed by atoms with Gasteiger partial charge in [0, 0.05) is 19.3 Å². The summed E-state index contributed by atoms with van der Waals surface area (Å²) in [7, 11) is 1.69. The van der Waals surface area contributed by atoms with Crippen molar-refractivity contribution in [1.29, 1.82) is 0 Å². The van der Waals surface area contributed by atoms with E-state index in [2.05, 4.69) is 24.3 Å². The second-order valence-corrected chi connectivity index (χ2v) is 5.16. The Labute approximate surface area is 109 Å². The van der Waals surface area contributed by atoms with E-state index in [-0.39, 0.29) is 5.54 Å². The highest BCUT2D eigenvalue weighted by atomic mass is 16.5. The van der Waals surface area contributed by atoms with Gasteiger partial charge in [0.25, 0.3) is 0 Å². The molecule has 0 spiro atoms. The Hall–Kier alpha value is -0.900. The van der Waals surface area contributed by atoms with Crippen molar-refractivity contribution in [2.75, 3.05) is 26.9 Å². The molecule has 0 aliphatic heterocycles. The molecule has 1 aliphatic carbocycles. The lowest BCUT2D eigenvalue weighted by atomic mass is 9.77. The number of aryl methyl sites for hydroxylation is 1. The number of hydrogen-bond acceptors (Lipinski definition) is 3. The Morgan fingerprint density at radius 1 is 1.17 bits per heavy atom. The minimum absolute atomic E-state index is 0.0958. The molecule has 0 saturated carbocycles. The fourth-order valence-electron chi connectivity index (χ4n) is 2.56. The van der Waals surface area contributed by atoms with E-state index in [0.717, 1.165) is 32.3 Å². The molecule has 1 aromatic carbocycles. The Morgan fingerprint density at radius 2 is 1.94 bits per heavy atom. The second-order valence-electron chi connectivity index (χ2n) is 5.16. The highest BCUT2D eigenvalue weighted by Crippen LogP contribution is 2.29. The molecule has 0 radical (unpaired) electrons. The Bertz CT molecular complexity index is 381. The smallest absolute Gasteiger partial charge is 0.0700 e. The predicted octanol–water partition coefficient (Wildman–Crippen LogP) is 1.93. The fourth-order valence-corrected chi connectivity index (χ4v) is 2.56. The number of hydrogen-bond donors (Lipinski definition) is 1. The maximum atomic E-state index is 6.48. The van der Waals surface area contributed by atoms with E-state index < -0.39 is 0 Å². The van der Waals surface area contributed by atoms with E-state index >= 15 is 0 Å². The molecule has 1 aliphatic rings. The summed E-state index contributed by atoms with van der Waals surface area (Å²) in [6.45, 7) is 2.03. The lowest BCUT2D eigenvalue weighted by Crippen LogP contribution is -2.46. The molecule has 0 fully saturated rings. The molecule has 1 unspecified atom stereocenters. The summed E-state index contributed by atoms with van der Waals surface area (Å²) in [4.78, 5) is 0. The molecule has 0 bridgehead atoms. The van der Waals surface area contributed by atoms with E-state index in [4.69, 9.17) is 15.2 Å². The van der Waals surface area contributed by atoms with Crippen LogP contribution in [0.2, 0.25) is 0 Å². The van der Waals surface area contributed by atoms with Gasteiger partial charge in [-0.05, 0) is 36.8 Å². The van der Waals surface area contributed by atoms with Crippen LogP contribution < -0.4 is 5.73 Å². The number of methoxy groups -OCH3 is 1. The third-order valence-corrected chi connectivity index (χ3v) is 3.73. The highest BCUT2D eigenvalue weighted by molar-refractivity contribution is 5.32. The van der Waals surface area contributed by atoms with Crippen molar-refractivity contribution in [2.24, 2.45) is 5.73 Å². The number of ether oxygens (including phenoxy) is 2. The van der Waals surface area contributed by atoms with Crippen LogP contribution in [0.5, 0.6) is 0 Å². The van der Waals surface area contributed by atoms with Gasteiger partial charge in [0.2, 0.25) is 0 Å². The van der Waals surface area contributed by atoms with Gasteiger partial charge >= 0.3 is 0 Å². The first-order valence-corrected chi connectivity index (χ1v) is 6.66. The van der Waals surface area contributed by atoms with Crippen molar-refractivity contribution in [3.05, 3.63) is 35.4 Å². The topological polar surface area (TPSA) is 44.5 Å². The molecule has 0 saturated heterocycles. The average molecular weight is 249 g/mol. The summed E-state index contributed by atoms with van der Waals surface area (Å²) in [5.41, 5.74) is 9.24. The van der Waals surface area contributed by atoms with Crippen LogP contribution in [0.25, 0.3) is 0 Å². The highest BCUT2D eigenvalue weighted by Gasteiger charge is 2.29. The predicted molar refractivity (Wildman–Crippen MR) is 72.7 cm³/mol. The van der Waals surface area contributed by atoms with Crippen molar-refractivity contribution in [1.82, 2.24) is 0 Å².